The second-order valence-electron chi connectivity index (χ2n) is 6.83. The molecule has 0 saturated carbocycles. The van der Waals surface area contributed by atoms with Crippen LogP contribution < -0.4 is 10.2 Å². The van der Waals surface area contributed by atoms with Crippen molar-refractivity contribution < 1.29 is 27.9 Å². The van der Waals surface area contributed by atoms with Crippen LogP contribution in [0.5, 0.6) is 5.75 Å². The monoisotopic (exact) mass is 466 g/mol. The fourth-order valence-corrected chi connectivity index (χ4v) is 3.34. The van der Waals surface area contributed by atoms with Crippen LogP contribution >= 0.6 is 11.6 Å². The SMILES string of the molecule is CCOc1ccc2oc(C(=O)N/N=C/c3ccc(-c4cc(C(=O)OC)ccc4Cl)o3)cc2c1. The number of nitrogens with zero attached hydrogens (tertiary/aromatic N) is 1. The van der Waals surface area contributed by atoms with Gasteiger partial charge in [0.05, 0.1) is 30.5 Å². The van der Waals surface area contributed by atoms with Gasteiger partial charge in [0.2, 0.25) is 0 Å². The lowest BCUT2D eigenvalue weighted by Gasteiger charge is -2.04. The van der Waals surface area contributed by atoms with E-state index < -0.39 is 11.9 Å². The molecule has 4 aromatic rings. The summed E-state index contributed by atoms with van der Waals surface area (Å²) in [7, 11) is 1.30. The molecule has 0 radical (unpaired) electrons. The summed E-state index contributed by atoms with van der Waals surface area (Å²) in [5, 5.41) is 5.07. The summed E-state index contributed by atoms with van der Waals surface area (Å²) in [6.45, 7) is 2.44. The second-order valence-corrected chi connectivity index (χ2v) is 7.24. The molecule has 4 rings (SSSR count). The van der Waals surface area contributed by atoms with E-state index >= 15 is 0 Å². The first kappa shape index (κ1) is 22.2. The Morgan fingerprint density at radius 1 is 1.09 bits per heavy atom. The van der Waals surface area contributed by atoms with Crippen molar-refractivity contribution in [2.75, 3.05) is 13.7 Å². The third-order valence-corrected chi connectivity index (χ3v) is 4.99. The minimum Gasteiger partial charge on any atom is -0.494 e. The summed E-state index contributed by atoms with van der Waals surface area (Å²) in [6.07, 6.45) is 1.34. The number of furan rings is 2. The van der Waals surface area contributed by atoms with Crippen molar-refractivity contribution in [3.05, 3.63) is 76.7 Å². The van der Waals surface area contributed by atoms with Gasteiger partial charge in [0, 0.05) is 10.9 Å². The molecule has 9 heteroatoms. The number of ether oxygens (including phenoxy) is 2. The van der Waals surface area contributed by atoms with Crippen LogP contribution in [-0.2, 0) is 4.74 Å². The van der Waals surface area contributed by atoms with Crippen LogP contribution in [0.25, 0.3) is 22.3 Å². The number of rotatable bonds is 7. The molecule has 33 heavy (non-hydrogen) atoms. The highest BCUT2D eigenvalue weighted by molar-refractivity contribution is 6.33. The molecule has 0 atom stereocenters. The third-order valence-electron chi connectivity index (χ3n) is 4.66. The second kappa shape index (κ2) is 9.62. The average molecular weight is 467 g/mol. The highest BCUT2D eigenvalue weighted by atomic mass is 35.5. The zero-order chi connectivity index (χ0) is 23.4. The number of carbonyl (C=O) groups is 2. The van der Waals surface area contributed by atoms with E-state index in [4.69, 9.17) is 29.9 Å². The number of esters is 1. The van der Waals surface area contributed by atoms with Crippen molar-refractivity contribution >= 4 is 40.7 Å². The lowest BCUT2D eigenvalue weighted by molar-refractivity contribution is 0.0600. The summed E-state index contributed by atoms with van der Waals surface area (Å²) in [5.41, 5.74) is 3.83. The van der Waals surface area contributed by atoms with Gasteiger partial charge in [-0.05, 0) is 61.5 Å². The maximum Gasteiger partial charge on any atom is 0.337 e. The van der Waals surface area contributed by atoms with Gasteiger partial charge in [-0.15, -0.1) is 0 Å². The molecule has 1 N–H and O–H groups in total. The number of fused-ring (bicyclic) bond motifs is 1. The molecule has 0 saturated heterocycles. The minimum absolute atomic E-state index is 0.113. The molecule has 0 aliphatic rings. The number of methoxy groups -OCH3 is 1. The summed E-state index contributed by atoms with van der Waals surface area (Å²) in [5.74, 6) is 0.616. The van der Waals surface area contributed by atoms with E-state index in [1.54, 1.807) is 54.6 Å². The van der Waals surface area contributed by atoms with Crippen molar-refractivity contribution in [2.45, 2.75) is 6.92 Å². The highest BCUT2D eigenvalue weighted by Gasteiger charge is 2.14. The zero-order valence-corrected chi connectivity index (χ0v) is 18.5. The standard InChI is InChI=1S/C24H19ClN2O6/c1-3-31-16-5-8-20-15(10-16)12-22(33-20)23(28)27-26-13-17-6-9-21(32-17)18-11-14(24(29)30-2)4-7-19(18)25/h4-13H,3H2,1-2H3,(H,27,28)/b26-13+. The molecule has 0 spiro atoms. The summed E-state index contributed by atoms with van der Waals surface area (Å²) >= 11 is 6.24. The number of amides is 1. The Hall–Kier alpha value is -4.04. The summed E-state index contributed by atoms with van der Waals surface area (Å²) < 4.78 is 21.5. The fraction of sp³-hybridized carbons (Fsp3) is 0.125. The number of carbonyl (C=O) groups excluding carboxylic acids is 2. The van der Waals surface area contributed by atoms with Gasteiger partial charge in [-0.25, -0.2) is 10.2 Å². The van der Waals surface area contributed by atoms with E-state index in [2.05, 4.69) is 10.5 Å². The van der Waals surface area contributed by atoms with Gasteiger partial charge in [-0.2, -0.15) is 5.10 Å². The molecular formula is C24H19ClN2O6. The van der Waals surface area contributed by atoms with Gasteiger partial charge < -0.3 is 18.3 Å². The third kappa shape index (κ3) is 4.91. The van der Waals surface area contributed by atoms with Crippen LogP contribution in [0.3, 0.4) is 0 Å². The molecule has 2 heterocycles. The Bertz CT molecular complexity index is 1350. The van der Waals surface area contributed by atoms with Crippen LogP contribution in [-0.4, -0.2) is 31.8 Å². The number of hydrogen-bond donors (Lipinski definition) is 1. The first-order valence-electron chi connectivity index (χ1n) is 9.96. The Morgan fingerprint density at radius 3 is 2.73 bits per heavy atom. The van der Waals surface area contributed by atoms with Gasteiger partial charge in [0.1, 0.15) is 22.9 Å². The number of nitrogens with one attached hydrogen (secondary N) is 1. The van der Waals surface area contributed by atoms with E-state index in [0.29, 0.717) is 45.6 Å². The molecule has 0 bridgehead atoms. The molecule has 2 aromatic carbocycles. The molecule has 0 aliphatic carbocycles. The van der Waals surface area contributed by atoms with Crippen LogP contribution in [0.1, 0.15) is 33.6 Å². The van der Waals surface area contributed by atoms with Crippen molar-refractivity contribution in [2.24, 2.45) is 5.10 Å². The number of hydrogen-bond acceptors (Lipinski definition) is 7. The van der Waals surface area contributed by atoms with Crippen LogP contribution in [0.4, 0.5) is 0 Å². The van der Waals surface area contributed by atoms with Gasteiger partial charge in [0.25, 0.3) is 0 Å². The molecule has 1 amide bonds. The summed E-state index contributed by atoms with van der Waals surface area (Å²) in [6, 6.07) is 15.0. The Morgan fingerprint density at radius 2 is 1.94 bits per heavy atom. The largest absolute Gasteiger partial charge is 0.494 e. The number of hydrazone groups is 1. The highest BCUT2D eigenvalue weighted by Crippen LogP contribution is 2.30. The maximum atomic E-state index is 12.4. The molecule has 8 nitrogen and oxygen atoms in total. The van der Waals surface area contributed by atoms with Crippen LogP contribution in [0, 0.1) is 0 Å². The fourth-order valence-electron chi connectivity index (χ4n) is 3.13. The smallest absolute Gasteiger partial charge is 0.337 e. The van der Waals surface area contributed by atoms with Gasteiger partial charge in [0.15, 0.2) is 5.76 Å². The predicted molar refractivity (Wildman–Crippen MR) is 123 cm³/mol. The quantitative estimate of drug-likeness (QED) is 0.225. The van der Waals surface area contributed by atoms with Gasteiger partial charge >= 0.3 is 11.9 Å². The molecule has 168 valence electrons. The van der Waals surface area contributed by atoms with Crippen molar-refractivity contribution in [3.8, 4) is 17.1 Å². The normalized spacial score (nSPS) is 11.1. The van der Waals surface area contributed by atoms with E-state index in [0.717, 1.165) is 5.39 Å². The Labute approximate surface area is 193 Å². The van der Waals surface area contributed by atoms with E-state index in [9.17, 15) is 9.59 Å². The van der Waals surface area contributed by atoms with Crippen molar-refractivity contribution in [1.29, 1.82) is 0 Å². The molecule has 2 aromatic heterocycles. The topological polar surface area (TPSA) is 103 Å². The molecule has 0 unspecified atom stereocenters. The number of halogens is 1. The van der Waals surface area contributed by atoms with Crippen molar-refractivity contribution in [1.82, 2.24) is 5.43 Å². The lowest BCUT2D eigenvalue weighted by Crippen LogP contribution is -2.16. The first-order valence-corrected chi connectivity index (χ1v) is 10.3. The predicted octanol–water partition coefficient (Wildman–Crippen LogP) is 5.30. The zero-order valence-electron chi connectivity index (χ0n) is 17.8. The van der Waals surface area contributed by atoms with E-state index in [1.807, 2.05) is 6.92 Å². The molecule has 0 fully saturated rings. The van der Waals surface area contributed by atoms with Gasteiger partial charge in [-0.3, -0.25) is 4.79 Å². The van der Waals surface area contributed by atoms with Crippen LogP contribution in [0.2, 0.25) is 5.02 Å². The molecule has 0 aliphatic heterocycles. The Kier molecular flexibility index (Phi) is 6.46. The average Bonchev–Trinajstić information content (AvgIpc) is 3.46. The summed E-state index contributed by atoms with van der Waals surface area (Å²) in [4.78, 5) is 24.1. The van der Waals surface area contributed by atoms with Crippen molar-refractivity contribution in [3.63, 3.8) is 0 Å². The Balaban J connectivity index is 1.45. The first-order chi connectivity index (χ1) is 16.0. The molecular weight excluding hydrogens is 448 g/mol. The number of benzene rings is 2. The minimum atomic E-state index is -0.513. The maximum absolute atomic E-state index is 12.4. The van der Waals surface area contributed by atoms with Crippen LogP contribution in [0.15, 0.2) is 68.5 Å². The van der Waals surface area contributed by atoms with Gasteiger partial charge in [-0.1, -0.05) is 11.6 Å². The van der Waals surface area contributed by atoms with E-state index in [-0.39, 0.29) is 5.76 Å². The van der Waals surface area contributed by atoms with E-state index in [1.165, 1.54) is 13.3 Å². The lowest BCUT2D eigenvalue weighted by atomic mass is 10.1.